The molecule has 90 valence electrons. The van der Waals surface area contributed by atoms with E-state index in [1.54, 1.807) is 18.3 Å². The minimum Gasteiger partial charge on any atom is -0.436 e. The second-order valence-electron chi connectivity index (χ2n) is 3.27. The van der Waals surface area contributed by atoms with Gasteiger partial charge in [0.25, 0.3) is 0 Å². The molecule has 0 amide bonds. The lowest BCUT2D eigenvalue weighted by molar-refractivity contribution is 0.453. The molecule has 2 rings (SSSR count). The van der Waals surface area contributed by atoms with Crippen molar-refractivity contribution in [1.29, 1.82) is 5.26 Å². The molecule has 1 aromatic heterocycles. The van der Waals surface area contributed by atoms with Crippen molar-refractivity contribution in [2.24, 2.45) is 0 Å². The van der Waals surface area contributed by atoms with Gasteiger partial charge in [0.15, 0.2) is 0 Å². The molecule has 0 radical (unpaired) electrons. The minimum atomic E-state index is -0.622. The van der Waals surface area contributed by atoms with Crippen LogP contribution in [0, 0.1) is 17.1 Å². The van der Waals surface area contributed by atoms with Gasteiger partial charge in [-0.15, -0.1) is 0 Å². The summed E-state index contributed by atoms with van der Waals surface area (Å²) in [5.74, 6) is -0.225. The van der Waals surface area contributed by atoms with E-state index in [2.05, 4.69) is 36.8 Å². The third kappa shape index (κ3) is 2.68. The molecule has 0 fully saturated rings. The Morgan fingerprint density at radius 3 is 2.78 bits per heavy atom. The van der Waals surface area contributed by atoms with Crippen LogP contribution < -0.4 is 4.74 Å². The van der Waals surface area contributed by atoms with Gasteiger partial charge in [0.1, 0.15) is 23.2 Å². The lowest BCUT2D eigenvalue weighted by atomic mass is 10.2. The van der Waals surface area contributed by atoms with Crippen molar-refractivity contribution in [2.45, 2.75) is 0 Å². The molecule has 1 heterocycles. The van der Waals surface area contributed by atoms with Gasteiger partial charge in [0.05, 0.1) is 4.47 Å². The fraction of sp³-hybridized carbons (Fsp3) is 0. The monoisotopic (exact) mass is 370 g/mol. The van der Waals surface area contributed by atoms with Gasteiger partial charge in [-0.3, -0.25) is 0 Å². The average molecular weight is 372 g/mol. The third-order valence-electron chi connectivity index (χ3n) is 2.07. The summed E-state index contributed by atoms with van der Waals surface area (Å²) in [4.78, 5) is 4.03. The minimum absolute atomic E-state index is 0.132. The highest BCUT2D eigenvalue weighted by Gasteiger charge is 2.12. The maximum atomic E-state index is 13.4. The van der Waals surface area contributed by atoms with E-state index in [0.717, 1.165) is 4.47 Å². The molecule has 2 aromatic rings. The molecule has 3 nitrogen and oxygen atoms in total. The lowest BCUT2D eigenvalue weighted by Crippen LogP contribution is -1.94. The van der Waals surface area contributed by atoms with Gasteiger partial charge < -0.3 is 4.74 Å². The molecule has 0 N–H and O–H groups in total. The SMILES string of the molecule is N#Cc1c(F)cccc1Oc1ncc(Br)cc1Br. The number of ether oxygens (including phenoxy) is 1. The summed E-state index contributed by atoms with van der Waals surface area (Å²) in [7, 11) is 0. The van der Waals surface area contributed by atoms with Crippen LogP contribution in [0.3, 0.4) is 0 Å². The van der Waals surface area contributed by atoms with Crippen molar-refractivity contribution < 1.29 is 9.13 Å². The molecule has 0 saturated heterocycles. The molecule has 6 heteroatoms. The van der Waals surface area contributed by atoms with Crippen LogP contribution in [0.25, 0.3) is 0 Å². The number of hydrogen-bond donors (Lipinski definition) is 0. The van der Waals surface area contributed by atoms with E-state index < -0.39 is 5.82 Å². The van der Waals surface area contributed by atoms with Gasteiger partial charge in [-0.05, 0) is 50.1 Å². The highest BCUT2D eigenvalue weighted by Crippen LogP contribution is 2.31. The van der Waals surface area contributed by atoms with Crippen molar-refractivity contribution in [3.63, 3.8) is 0 Å². The summed E-state index contributed by atoms with van der Waals surface area (Å²) in [5.41, 5.74) is -0.144. The molecule has 0 aliphatic carbocycles. The van der Waals surface area contributed by atoms with Crippen molar-refractivity contribution >= 4 is 31.9 Å². The number of nitrogens with zero attached hydrogens (tertiary/aromatic N) is 2. The average Bonchev–Trinajstić information content (AvgIpc) is 2.33. The summed E-state index contributed by atoms with van der Waals surface area (Å²) >= 11 is 6.54. The zero-order chi connectivity index (χ0) is 13.1. The number of aromatic nitrogens is 1. The van der Waals surface area contributed by atoms with Crippen LogP contribution in [0.4, 0.5) is 4.39 Å². The second kappa shape index (κ2) is 5.46. The Hall–Kier alpha value is -1.45. The summed E-state index contributed by atoms with van der Waals surface area (Å²) in [5, 5.41) is 8.88. The van der Waals surface area contributed by atoms with E-state index in [1.165, 1.54) is 18.2 Å². The van der Waals surface area contributed by atoms with E-state index in [4.69, 9.17) is 10.00 Å². The predicted octanol–water partition coefficient (Wildman–Crippen LogP) is 4.41. The van der Waals surface area contributed by atoms with Crippen LogP contribution in [0.5, 0.6) is 11.6 Å². The molecular weight excluding hydrogens is 367 g/mol. The molecule has 0 aliphatic heterocycles. The first kappa shape index (κ1) is 13.0. The van der Waals surface area contributed by atoms with Crippen LogP contribution in [0.1, 0.15) is 5.56 Å². The summed E-state index contributed by atoms with van der Waals surface area (Å²) in [6, 6.07) is 7.69. The number of pyridine rings is 1. The first-order chi connectivity index (χ1) is 8.61. The second-order valence-corrected chi connectivity index (χ2v) is 5.04. The van der Waals surface area contributed by atoms with Gasteiger partial charge in [-0.1, -0.05) is 6.07 Å². The molecule has 0 saturated carbocycles. The van der Waals surface area contributed by atoms with Gasteiger partial charge >= 0.3 is 0 Å². The molecule has 1 aromatic carbocycles. The van der Waals surface area contributed by atoms with Crippen LogP contribution in [-0.4, -0.2) is 4.98 Å². The molecule has 0 aliphatic rings. The summed E-state index contributed by atoms with van der Waals surface area (Å²) in [6.07, 6.45) is 1.55. The number of benzene rings is 1. The highest BCUT2D eigenvalue weighted by atomic mass is 79.9. The molecule has 18 heavy (non-hydrogen) atoms. The fourth-order valence-corrected chi connectivity index (χ4v) is 2.35. The number of nitriles is 1. The van der Waals surface area contributed by atoms with Gasteiger partial charge in [-0.2, -0.15) is 5.26 Å². The zero-order valence-corrected chi connectivity index (χ0v) is 12.0. The molecule has 0 unspecified atom stereocenters. The van der Waals surface area contributed by atoms with E-state index in [-0.39, 0.29) is 17.2 Å². The molecular formula is C12H5Br2FN2O. The fourth-order valence-electron chi connectivity index (χ4n) is 1.28. The van der Waals surface area contributed by atoms with Crippen molar-refractivity contribution in [1.82, 2.24) is 4.98 Å². The maximum Gasteiger partial charge on any atom is 0.233 e. The van der Waals surface area contributed by atoms with Gasteiger partial charge in [-0.25, -0.2) is 9.37 Å². The Balaban J connectivity index is 2.41. The van der Waals surface area contributed by atoms with Gasteiger partial charge in [0, 0.05) is 10.7 Å². The van der Waals surface area contributed by atoms with Gasteiger partial charge in [0.2, 0.25) is 5.88 Å². The zero-order valence-electron chi connectivity index (χ0n) is 8.82. The number of rotatable bonds is 2. The van der Waals surface area contributed by atoms with E-state index in [9.17, 15) is 4.39 Å². The smallest absolute Gasteiger partial charge is 0.233 e. The maximum absolute atomic E-state index is 13.4. The largest absolute Gasteiger partial charge is 0.436 e. The standard InChI is InChI=1S/C12H5Br2FN2O/c13-7-4-9(14)12(17-6-7)18-11-3-1-2-10(15)8(11)5-16/h1-4,6H. The summed E-state index contributed by atoms with van der Waals surface area (Å²) < 4.78 is 20.2. The molecule has 0 atom stereocenters. The third-order valence-corrected chi connectivity index (χ3v) is 3.07. The van der Waals surface area contributed by atoms with Crippen molar-refractivity contribution in [2.75, 3.05) is 0 Å². The Bertz CT molecular complexity index is 640. The predicted molar refractivity (Wildman–Crippen MR) is 70.8 cm³/mol. The topological polar surface area (TPSA) is 45.9 Å². The number of halogens is 3. The first-order valence-electron chi connectivity index (χ1n) is 4.79. The van der Waals surface area contributed by atoms with Crippen LogP contribution in [0.15, 0.2) is 39.4 Å². The Morgan fingerprint density at radius 1 is 1.33 bits per heavy atom. The summed E-state index contributed by atoms with van der Waals surface area (Å²) in [6.45, 7) is 0. The van der Waals surface area contributed by atoms with E-state index in [1.807, 2.05) is 0 Å². The van der Waals surface area contributed by atoms with Crippen LogP contribution >= 0.6 is 31.9 Å². The van der Waals surface area contributed by atoms with Crippen LogP contribution in [-0.2, 0) is 0 Å². The Kier molecular flexibility index (Phi) is 3.94. The van der Waals surface area contributed by atoms with E-state index in [0.29, 0.717) is 4.47 Å². The van der Waals surface area contributed by atoms with E-state index >= 15 is 0 Å². The Morgan fingerprint density at radius 2 is 2.11 bits per heavy atom. The first-order valence-corrected chi connectivity index (χ1v) is 6.38. The van der Waals surface area contributed by atoms with Crippen LogP contribution in [0.2, 0.25) is 0 Å². The van der Waals surface area contributed by atoms with Crippen molar-refractivity contribution in [3.8, 4) is 17.7 Å². The highest BCUT2D eigenvalue weighted by molar-refractivity contribution is 9.11. The van der Waals surface area contributed by atoms with Crippen molar-refractivity contribution in [3.05, 3.63) is 50.8 Å². The molecule has 0 bridgehead atoms. The molecule has 0 spiro atoms. The quantitative estimate of drug-likeness (QED) is 0.785. The lowest BCUT2D eigenvalue weighted by Gasteiger charge is -2.08. The number of hydrogen-bond acceptors (Lipinski definition) is 3. The normalized spacial score (nSPS) is 9.89. The Labute approximate surface area is 119 Å².